The maximum Gasteiger partial charge on any atom is 0.212 e. The van der Waals surface area contributed by atoms with Gasteiger partial charge in [0.1, 0.15) is 0 Å². The third kappa shape index (κ3) is 2.23. The summed E-state index contributed by atoms with van der Waals surface area (Å²) in [4.78, 5) is 10.6. The number of rotatable bonds is 3. The lowest BCUT2D eigenvalue weighted by Crippen LogP contribution is -1.86. The molecule has 80 valence electrons. The van der Waals surface area contributed by atoms with Crippen LogP contribution in [-0.4, -0.2) is 4.21 Å². The molecular weight excluding hydrogens is 222 g/mol. The van der Waals surface area contributed by atoms with Crippen LogP contribution in [0.5, 0.6) is 0 Å². The Morgan fingerprint density at radius 3 is 2.25 bits per heavy atom. The number of hydrogen-bond acceptors (Lipinski definition) is 2. The lowest BCUT2D eigenvalue weighted by Gasteiger charge is -2.02. The van der Waals surface area contributed by atoms with Gasteiger partial charge in [-0.2, -0.15) is 0 Å². The van der Waals surface area contributed by atoms with Crippen LogP contribution in [0.4, 0.5) is 0 Å². The van der Waals surface area contributed by atoms with Crippen LogP contribution in [0.15, 0.2) is 64.1 Å². The lowest BCUT2D eigenvalue weighted by atomic mass is 10.1. The van der Waals surface area contributed by atoms with Crippen LogP contribution in [0.25, 0.3) is 11.1 Å². The standard InChI is InChI=1S/C12H9NO2S/c14-13-16(15)12-8-4-7-11(9-12)10-5-2-1-3-6-10/h1-9H. The molecule has 1 unspecified atom stereocenters. The molecule has 0 saturated heterocycles. The Kier molecular flexibility index (Phi) is 3.22. The molecule has 0 amide bonds. The van der Waals surface area contributed by atoms with Gasteiger partial charge in [-0.15, -0.1) is 4.91 Å². The Morgan fingerprint density at radius 2 is 1.56 bits per heavy atom. The molecular formula is C12H9NO2S. The quantitative estimate of drug-likeness (QED) is 0.762. The smallest absolute Gasteiger partial charge is 0.212 e. The van der Waals surface area contributed by atoms with Crippen LogP contribution in [0, 0.1) is 4.91 Å². The van der Waals surface area contributed by atoms with Gasteiger partial charge in [-0.25, -0.2) is 4.21 Å². The van der Waals surface area contributed by atoms with E-state index < -0.39 is 11.0 Å². The summed E-state index contributed by atoms with van der Waals surface area (Å²) in [5.41, 5.74) is 1.95. The predicted octanol–water partition coefficient (Wildman–Crippen LogP) is 3.14. The normalized spacial score (nSPS) is 12.0. The van der Waals surface area contributed by atoms with E-state index in [-0.39, 0.29) is 0 Å². The summed E-state index contributed by atoms with van der Waals surface area (Å²) in [7, 11) is -1.80. The van der Waals surface area contributed by atoms with Gasteiger partial charge in [0.25, 0.3) is 0 Å². The zero-order valence-corrected chi connectivity index (χ0v) is 9.18. The lowest BCUT2D eigenvalue weighted by molar-refractivity contribution is 0.684. The van der Waals surface area contributed by atoms with E-state index in [4.69, 9.17) is 0 Å². The second-order valence-corrected chi connectivity index (χ2v) is 4.34. The second kappa shape index (κ2) is 4.81. The third-order valence-corrected chi connectivity index (χ3v) is 3.00. The molecule has 16 heavy (non-hydrogen) atoms. The highest BCUT2D eigenvalue weighted by molar-refractivity contribution is 7.83. The zero-order chi connectivity index (χ0) is 11.4. The molecule has 2 aromatic rings. The molecule has 0 aromatic heterocycles. The maximum atomic E-state index is 11.2. The third-order valence-electron chi connectivity index (χ3n) is 2.21. The molecule has 3 nitrogen and oxygen atoms in total. The van der Waals surface area contributed by atoms with Crippen molar-refractivity contribution in [3.05, 3.63) is 59.5 Å². The van der Waals surface area contributed by atoms with Crippen LogP contribution in [0.2, 0.25) is 0 Å². The average molecular weight is 231 g/mol. The predicted molar refractivity (Wildman–Crippen MR) is 64.1 cm³/mol. The van der Waals surface area contributed by atoms with Gasteiger partial charge in [-0.3, -0.25) is 0 Å². The molecule has 1 atom stereocenters. The Hall–Kier alpha value is -1.81. The van der Waals surface area contributed by atoms with Crippen molar-refractivity contribution in [3.63, 3.8) is 0 Å². The Bertz CT molecular complexity index is 526. The summed E-state index contributed by atoms with van der Waals surface area (Å²) < 4.78 is 13.7. The van der Waals surface area contributed by atoms with Crippen molar-refractivity contribution in [2.75, 3.05) is 0 Å². The summed E-state index contributed by atoms with van der Waals surface area (Å²) in [6, 6.07) is 16.7. The molecule has 0 aliphatic heterocycles. The molecule has 0 aliphatic rings. The first kappa shape index (κ1) is 10.7. The summed E-state index contributed by atoms with van der Waals surface area (Å²) >= 11 is 0. The summed E-state index contributed by atoms with van der Waals surface area (Å²) in [5, 5.41) is 0. The van der Waals surface area contributed by atoms with E-state index in [9.17, 15) is 9.12 Å². The van der Waals surface area contributed by atoms with E-state index in [0.717, 1.165) is 11.1 Å². The van der Waals surface area contributed by atoms with Crippen molar-refractivity contribution in [1.29, 1.82) is 0 Å². The van der Waals surface area contributed by atoms with Gasteiger partial charge in [0.2, 0.25) is 11.0 Å². The molecule has 0 aliphatic carbocycles. The highest BCUT2D eigenvalue weighted by Gasteiger charge is 2.04. The molecule has 0 spiro atoms. The van der Waals surface area contributed by atoms with E-state index in [1.807, 2.05) is 36.4 Å². The van der Waals surface area contributed by atoms with Gasteiger partial charge in [0.05, 0.1) is 4.90 Å². The van der Waals surface area contributed by atoms with E-state index in [1.54, 1.807) is 18.2 Å². The summed E-state index contributed by atoms with van der Waals surface area (Å²) in [6.07, 6.45) is 0. The highest BCUT2D eigenvalue weighted by Crippen LogP contribution is 2.21. The van der Waals surface area contributed by atoms with Crippen molar-refractivity contribution in [1.82, 2.24) is 0 Å². The average Bonchev–Trinajstić information content (AvgIpc) is 2.39. The molecule has 0 N–H and O–H groups in total. The SMILES string of the molecule is O=NS(=O)c1cccc(-c2ccccc2)c1. The van der Waals surface area contributed by atoms with Gasteiger partial charge in [0, 0.05) is 4.58 Å². The summed E-state index contributed by atoms with van der Waals surface area (Å²) in [6.45, 7) is 0. The van der Waals surface area contributed by atoms with Crippen LogP contribution >= 0.6 is 0 Å². The number of hydrogen-bond donors (Lipinski definition) is 0. The van der Waals surface area contributed by atoms with Crippen molar-refractivity contribution in [3.8, 4) is 11.1 Å². The van der Waals surface area contributed by atoms with Crippen LogP contribution in [-0.2, 0) is 11.0 Å². The van der Waals surface area contributed by atoms with Gasteiger partial charge in [0.15, 0.2) is 0 Å². The Labute approximate surface area is 95.7 Å². The van der Waals surface area contributed by atoms with Crippen molar-refractivity contribution < 1.29 is 4.21 Å². The molecule has 0 radical (unpaired) electrons. The van der Waals surface area contributed by atoms with Crippen LogP contribution < -0.4 is 0 Å². The minimum Gasteiger partial charge on any atom is -0.226 e. The molecule has 2 aromatic carbocycles. The molecule has 0 heterocycles. The molecule has 0 fully saturated rings. The Morgan fingerprint density at radius 1 is 0.875 bits per heavy atom. The fourth-order valence-electron chi connectivity index (χ4n) is 1.46. The molecule has 0 bridgehead atoms. The largest absolute Gasteiger partial charge is 0.226 e. The van der Waals surface area contributed by atoms with Crippen molar-refractivity contribution in [2.45, 2.75) is 4.90 Å². The maximum absolute atomic E-state index is 11.2. The minimum atomic E-state index is -1.80. The minimum absolute atomic E-state index is 0.427. The fraction of sp³-hybridized carbons (Fsp3) is 0. The first-order valence-corrected chi connectivity index (χ1v) is 5.82. The molecule has 4 heteroatoms. The van der Waals surface area contributed by atoms with Crippen molar-refractivity contribution >= 4 is 11.0 Å². The van der Waals surface area contributed by atoms with Crippen molar-refractivity contribution in [2.24, 2.45) is 4.58 Å². The highest BCUT2D eigenvalue weighted by atomic mass is 32.2. The monoisotopic (exact) mass is 231 g/mol. The first-order chi connectivity index (χ1) is 7.81. The van der Waals surface area contributed by atoms with E-state index in [2.05, 4.69) is 4.58 Å². The van der Waals surface area contributed by atoms with Gasteiger partial charge >= 0.3 is 0 Å². The zero-order valence-electron chi connectivity index (χ0n) is 8.37. The van der Waals surface area contributed by atoms with Gasteiger partial charge in [-0.1, -0.05) is 42.5 Å². The Balaban J connectivity index is 2.44. The molecule has 2 rings (SSSR count). The first-order valence-electron chi connectivity index (χ1n) is 4.72. The van der Waals surface area contributed by atoms with Crippen LogP contribution in [0.3, 0.4) is 0 Å². The number of benzene rings is 2. The number of nitrogens with zero attached hydrogens (tertiary/aromatic N) is 1. The van der Waals surface area contributed by atoms with E-state index in [0.29, 0.717) is 4.90 Å². The molecule has 0 saturated carbocycles. The second-order valence-electron chi connectivity index (χ2n) is 3.22. The summed E-state index contributed by atoms with van der Waals surface area (Å²) in [5.74, 6) is 0. The topological polar surface area (TPSA) is 46.5 Å². The van der Waals surface area contributed by atoms with Gasteiger partial charge < -0.3 is 0 Å². The van der Waals surface area contributed by atoms with Crippen LogP contribution in [0.1, 0.15) is 0 Å². The van der Waals surface area contributed by atoms with E-state index in [1.165, 1.54) is 0 Å². The van der Waals surface area contributed by atoms with E-state index >= 15 is 0 Å². The number of nitroso groups, excluding NO2 is 1. The fourth-order valence-corrected chi connectivity index (χ4v) is 1.97. The van der Waals surface area contributed by atoms with Gasteiger partial charge in [-0.05, 0) is 23.3 Å².